The van der Waals surface area contributed by atoms with Gasteiger partial charge in [-0.15, -0.1) is 0 Å². The van der Waals surface area contributed by atoms with Crippen molar-refractivity contribution < 1.29 is 14.6 Å². The quantitative estimate of drug-likeness (QED) is 0.861. The molecule has 0 fully saturated rings. The lowest BCUT2D eigenvalue weighted by molar-refractivity contribution is 0.153. The van der Waals surface area contributed by atoms with Crippen molar-refractivity contribution in [2.75, 3.05) is 6.61 Å². The Bertz CT molecular complexity index is 767. The van der Waals surface area contributed by atoms with Gasteiger partial charge in [0.15, 0.2) is 0 Å². The molecule has 24 heavy (non-hydrogen) atoms. The first kappa shape index (κ1) is 16.0. The molecule has 1 aliphatic rings. The van der Waals surface area contributed by atoms with E-state index in [0.29, 0.717) is 17.7 Å². The van der Waals surface area contributed by atoms with E-state index in [1.807, 2.05) is 48.5 Å². The van der Waals surface area contributed by atoms with Gasteiger partial charge in [-0.05, 0) is 41.3 Å². The number of amides is 1. The lowest BCUT2D eigenvalue weighted by Gasteiger charge is -2.32. The monoisotopic (exact) mass is 321 g/mol. The Labute approximate surface area is 141 Å². The third-order valence-electron chi connectivity index (χ3n) is 3.97. The third-order valence-corrected chi connectivity index (χ3v) is 3.97. The number of ether oxygens (including phenoxy) is 1. The van der Waals surface area contributed by atoms with E-state index in [2.05, 4.69) is 6.58 Å². The van der Waals surface area contributed by atoms with E-state index in [1.54, 1.807) is 23.2 Å². The highest BCUT2D eigenvalue weighted by Gasteiger charge is 2.29. The zero-order chi connectivity index (χ0) is 16.9. The van der Waals surface area contributed by atoms with Crippen LogP contribution < -0.4 is 4.74 Å². The zero-order valence-electron chi connectivity index (χ0n) is 13.3. The number of benzene rings is 2. The van der Waals surface area contributed by atoms with Crippen molar-refractivity contribution in [3.8, 4) is 5.75 Å². The molecule has 1 unspecified atom stereocenters. The van der Waals surface area contributed by atoms with E-state index in [0.717, 1.165) is 11.1 Å². The second-order valence-electron chi connectivity index (χ2n) is 5.66. The average Bonchev–Trinajstić information content (AvgIpc) is 2.62. The molecule has 1 amide bonds. The Morgan fingerprint density at radius 3 is 2.58 bits per heavy atom. The van der Waals surface area contributed by atoms with Crippen molar-refractivity contribution >= 4 is 12.2 Å². The molecule has 0 aromatic heterocycles. The first-order valence-electron chi connectivity index (χ1n) is 7.79. The Morgan fingerprint density at radius 1 is 1.12 bits per heavy atom. The molecule has 122 valence electrons. The summed E-state index contributed by atoms with van der Waals surface area (Å²) in [5, 5.41) is 9.32. The Hall–Kier alpha value is -2.85. The number of carbonyl (C=O) groups excluding carboxylic acids is 1. The molecule has 0 saturated carbocycles. The molecule has 1 N–H and O–H groups in total. The Morgan fingerprint density at radius 2 is 1.83 bits per heavy atom. The minimum atomic E-state index is -0.456. The molecule has 3 rings (SSSR count). The van der Waals surface area contributed by atoms with E-state index < -0.39 is 6.09 Å². The Balaban J connectivity index is 1.88. The minimum Gasteiger partial charge on any atom is -0.410 e. The number of hydrogen-bond acceptors (Lipinski definition) is 3. The highest BCUT2D eigenvalue weighted by Crippen LogP contribution is 2.35. The molecule has 1 atom stereocenters. The molecule has 2 aromatic rings. The van der Waals surface area contributed by atoms with Crippen LogP contribution in [0.15, 0.2) is 72.9 Å². The molecule has 1 heterocycles. The highest BCUT2D eigenvalue weighted by atomic mass is 16.6. The number of aliphatic hydroxyl groups excluding tert-OH is 1. The molecule has 4 heteroatoms. The van der Waals surface area contributed by atoms with Gasteiger partial charge >= 0.3 is 6.09 Å². The molecule has 0 spiro atoms. The first-order valence-corrected chi connectivity index (χ1v) is 7.79. The van der Waals surface area contributed by atoms with Crippen LogP contribution in [0.3, 0.4) is 0 Å². The van der Waals surface area contributed by atoms with Gasteiger partial charge in [0.05, 0.1) is 12.6 Å². The van der Waals surface area contributed by atoms with Crippen LogP contribution in [-0.2, 0) is 0 Å². The maximum atomic E-state index is 12.6. The minimum absolute atomic E-state index is 0.107. The first-order chi connectivity index (χ1) is 11.7. The molecule has 0 bridgehead atoms. The van der Waals surface area contributed by atoms with Gasteiger partial charge in [-0.2, -0.15) is 0 Å². The summed E-state index contributed by atoms with van der Waals surface area (Å²) in [6.07, 6.45) is 3.63. The van der Waals surface area contributed by atoms with E-state index in [1.165, 1.54) is 0 Å². The van der Waals surface area contributed by atoms with E-state index in [4.69, 9.17) is 4.74 Å². The van der Waals surface area contributed by atoms with Crippen molar-refractivity contribution in [3.05, 3.63) is 84.1 Å². The zero-order valence-corrected chi connectivity index (χ0v) is 13.3. The maximum absolute atomic E-state index is 12.6. The Kier molecular flexibility index (Phi) is 4.77. The number of fused-ring (bicyclic) bond motifs is 1. The van der Waals surface area contributed by atoms with Gasteiger partial charge in [0.2, 0.25) is 0 Å². The predicted molar refractivity (Wildman–Crippen MR) is 93.4 cm³/mol. The van der Waals surface area contributed by atoms with Crippen LogP contribution in [0.1, 0.15) is 23.6 Å². The van der Waals surface area contributed by atoms with Gasteiger partial charge in [0.25, 0.3) is 0 Å². The fraction of sp³-hybridized carbons (Fsp3) is 0.150. The van der Waals surface area contributed by atoms with Crippen LogP contribution in [0.25, 0.3) is 6.08 Å². The van der Waals surface area contributed by atoms with Gasteiger partial charge < -0.3 is 9.84 Å². The number of nitrogens with zero attached hydrogens (tertiary/aromatic N) is 1. The van der Waals surface area contributed by atoms with Gasteiger partial charge in [0.1, 0.15) is 5.75 Å². The molecule has 4 nitrogen and oxygen atoms in total. The number of hydrogen-bond donors (Lipinski definition) is 1. The highest BCUT2D eigenvalue weighted by molar-refractivity contribution is 5.75. The van der Waals surface area contributed by atoms with Gasteiger partial charge in [-0.3, -0.25) is 4.90 Å². The fourth-order valence-corrected chi connectivity index (χ4v) is 2.76. The lowest BCUT2D eigenvalue weighted by atomic mass is 9.92. The van der Waals surface area contributed by atoms with Crippen LogP contribution in [0.4, 0.5) is 4.79 Å². The second kappa shape index (κ2) is 7.15. The fourth-order valence-electron chi connectivity index (χ4n) is 2.76. The summed E-state index contributed by atoms with van der Waals surface area (Å²) >= 11 is 0. The molecular weight excluding hydrogens is 302 g/mol. The summed E-state index contributed by atoms with van der Waals surface area (Å²) in [7, 11) is 0. The van der Waals surface area contributed by atoms with Crippen molar-refractivity contribution in [1.82, 2.24) is 4.90 Å². The predicted octanol–water partition coefficient (Wildman–Crippen LogP) is 4.15. The number of carbonyl (C=O) groups is 1. The van der Waals surface area contributed by atoms with Crippen LogP contribution in [-0.4, -0.2) is 22.7 Å². The molecule has 1 aliphatic heterocycles. The SMILES string of the molecule is C=C(CO)CC1c2ccccc2C=CN1C(=O)Oc1ccccc1. The average molecular weight is 321 g/mol. The topological polar surface area (TPSA) is 49.8 Å². The standard InChI is InChI=1S/C20H19NO3/c1-15(14-22)13-19-18-10-6-5-7-16(18)11-12-21(19)20(23)24-17-8-3-2-4-9-17/h2-12,19,22H,1,13-14H2. The summed E-state index contributed by atoms with van der Waals surface area (Å²) in [5.74, 6) is 0.495. The maximum Gasteiger partial charge on any atom is 0.419 e. The third kappa shape index (κ3) is 3.39. The van der Waals surface area contributed by atoms with Gasteiger partial charge in [-0.1, -0.05) is 49.0 Å². The van der Waals surface area contributed by atoms with Gasteiger partial charge in [-0.25, -0.2) is 4.79 Å². The number of rotatable bonds is 4. The normalized spacial score (nSPS) is 15.7. The molecule has 2 aromatic carbocycles. The van der Waals surface area contributed by atoms with Crippen molar-refractivity contribution in [2.24, 2.45) is 0 Å². The molecule has 0 radical (unpaired) electrons. The van der Waals surface area contributed by atoms with Crippen molar-refractivity contribution in [3.63, 3.8) is 0 Å². The van der Waals surface area contributed by atoms with Crippen LogP contribution in [0.2, 0.25) is 0 Å². The van der Waals surface area contributed by atoms with Crippen LogP contribution in [0, 0.1) is 0 Å². The van der Waals surface area contributed by atoms with Crippen molar-refractivity contribution in [2.45, 2.75) is 12.5 Å². The summed E-state index contributed by atoms with van der Waals surface area (Å²) in [6, 6.07) is 16.6. The lowest BCUT2D eigenvalue weighted by Crippen LogP contribution is -2.35. The summed E-state index contributed by atoms with van der Waals surface area (Å²) in [4.78, 5) is 14.2. The number of aliphatic hydroxyl groups is 1. The van der Waals surface area contributed by atoms with Crippen LogP contribution in [0.5, 0.6) is 5.75 Å². The van der Waals surface area contributed by atoms with Gasteiger partial charge in [0, 0.05) is 6.20 Å². The van der Waals surface area contributed by atoms with E-state index in [-0.39, 0.29) is 12.6 Å². The summed E-state index contributed by atoms with van der Waals surface area (Å²) < 4.78 is 5.46. The number of para-hydroxylation sites is 1. The molecular formula is C20H19NO3. The van der Waals surface area contributed by atoms with Crippen molar-refractivity contribution in [1.29, 1.82) is 0 Å². The summed E-state index contributed by atoms with van der Waals surface area (Å²) in [5.41, 5.74) is 2.74. The smallest absolute Gasteiger partial charge is 0.410 e. The second-order valence-corrected chi connectivity index (χ2v) is 5.66. The largest absolute Gasteiger partial charge is 0.419 e. The van der Waals surface area contributed by atoms with Crippen LogP contribution >= 0.6 is 0 Å². The molecule has 0 aliphatic carbocycles. The summed E-state index contributed by atoms with van der Waals surface area (Å²) in [6.45, 7) is 3.76. The van der Waals surface area contributed by atoms with E-state index >= 15 is 0 Å². The molecule has 0 saturated heterocycles. The van der Waals surface area contributed by atoms with E-state index in [9.17, 15) is 9.90 Å².